The minimum atomic E-state index is -0.315. The second-order valence-corrected chi connectivity index (χ2v) is 4.48. The third kappa shape index (κ3) is 2.85. The molecule has 1 aliphatic rings. The molecular weight excluding hydrogens is 254 g/mol. The Kier molecular flexibility index (Phi) is 3.46. The quantitative estimate of drug-likeness (QED) is 0.800. The number of carbonyl (C=O) groups excluding carboxylic acids is 1. The number of hydrogen-bond donors (Lipinski definition) is 0. The molecule has 0 atom stereocenters. The molecule has 0 bridgehead atoms. The number of hydrogen-bond acceptors (Lipinski definition) is 4. The lowest BCUT2D eigenvalue weighted by atomic mass is 10.1. The first kappa shape index (κ1) is 12.4. The maximum Gasteiger partial charge on any atom is 0.341 e. The molecule has 2 aromatic rings. The zero-order chi connectivity index (χ0) is 13.8. The predicted octanol–water partition coefficient (Wildman–Crippen LogP) is 2.92. The van der Waals surface area contributed by atoms with Crippen molar-refractivity contribution in [2.45, 2.75) is 13.0 Å². The van der Waals surface area contributed by atoms with Gasteiger partial charge in [0, 0.05) is 5.56 Å². The average molecular weight is 267 g/mol. The van der Waals surface area contributed by atoms with Crippen molar-refractivity contribution in [1.29, 1.82) is 0 Å². The summed E-state index contributed by atoms with van der Waals surface area (Å²) >= 11 is 0. The number of nitrogens with zero attached hydrogens (tertiary/aromatic N) is 1. The molecule has 1 aliphatic heterocycles. The first-order valence-electron chi connectivity index (χ1n) is 6.35. The fourth-order valence-electron chi connectivity index (χ4n) is 1.95. The van der Waals surface area contributed by atoms with Crippen molar-refractivity contribution in [3.05, 3.63) is 65.7 Å². The molecule has 20 heavy (non-hydrogen) atoms. The van der Waals surface area contributed by atoms with E-state index in [2.05, 4.69) is 9.99 Å². The van der Waals surface area contributed by atoms with Crippen LogP contribution in [0.25, 0.3) is 0 Å². The molecule has 3 rings (SSSR count). The van der Waals surface area contributed by atoms with E-state index < -0.39 is 0 Å². The molecule has 0 aliphatic carbocycles. The monoisotopic (exact) mass is 267 g/mol. The van der Waals surface area contributed by atoms with E-state index in [1.165, 1.54) is 0 Å². The Bertz CT molecular complexity index is 633. The zero-order valence-electron chi connectivity index (χ0n) is 10.8. The summed E-state index contributed by atoms with van der Waals surface area (Å²) in [5.41, 5.74) is 2.66. The fourth-order valence-corrected chi connectivity index (χ4v) is 1.95. The van der Waals surface area contributed by atoms with Crippen molar-refractivity contribution in [3.8, 4) is 5.75 Å². The van der Waals surface area contributed by atoms with E-state index in [1.54, 1.807) is 0 Å². The molecule has 0 spiro atoms. The molecule has 0 saturated carbocycles. The summed E-state index contributed by atoms with van der Waals surface area (Å²) in [7, 11) is 0. The van der Waals surface area contributed by atoms with E-state index in [1.807, 2.05) is 54.6 Å². The molecule has 4 heteroatoms. The van der Waals surface area contributed by atoms with Gasteiger partial charge in [0.05, 0.1) is 12.1 Å². The summed E-state index contributed by atoms with van der Waals surface area (Å²) in [4.78, 5) is 15.6. The van der Waals surface area contributed by atoms with Crippen LogP contribution in [-0.4, -0.2) is 11.7 Å². The van der Waals surface area contributed by atoms with Crippen molar-refractivity contribution in [2.24, 2.45) is 5.16 Å². The molecule has 2 aromatic carbocycles. The van der Waals surface area contributed by atoms with Gasteiger partial charge in [0.2, 0.25) is 0 Å². The maximum absolute atomic E-state index is 11.0. The Morgan fingerprint density at radius 1 is 1.05 bits per heavy atom. The van der Waals surface area contributed by atoms with Gasteiger partial charge >= 0.3 is 5.97 Å². The van der Waals surface area contributed by atoms with Crippen LogP contribution in [-0.2, 0) is 16.2 Å². The van der Waals surface area contributed by atoms with Gasteiger partial charge in [-0.25, -0.2) is 4.79 Å². The van der Waals surface area contributed by atoms with Crippen LogP contribution < -0.4 is 4.74 Å². The SMILES string of the molecule is O=C1CC(c2ccc(OCc3ccccc3)cc2)=NO1. The van der Waals surface area contributed by atoms with Crippen molar-refractivity contribution in [3.63, 3.8) is 0 Å². The Morgan fingerprint density at radius 2 is 1.80 bits per heavy atom. The first-order valence-corrected chi connectivity index (χ1v) is 6.35. The van der Waals surface area contributed by atoms with Crippen LogP contribution in [0.4, 0.5) is 0 Å². The van der Waals surface area contributed by atoms with Crippen LogP contribution in [0.15, 0.2) is 59.8 Å². The van der Waals surface area contributed by atoms with Crippen LogP contribution in [0.2, 0.25) is 0 Å². The van der Waals surface area contributed by atoms with Gasteiger partial charge in [-0.1, -0.05) is 35.5 Å². The van der Waals surface area contributed by atoms with Crippen molar-refractivity contribution in [2.75, 3.05) is 0 Å². The van der Waals surface area contributed by atoms with E-state index in [9.17, 15) is 4.79 Å². The number of rotatable bonds is 4. The topological polar surface area (TPSA) is 47.9 Å². The summed E-state index contributed by atoms with van der Waals surface area (Å²) in [5, 5.41) is 3.74. The lowest BCUT2D eigenvalue weighted by Gasteiger charge is -2.06. The molecule has 0 aromatic heterocycles. The third-order valence-corrected chi connectivity index (χ3v) is 3.01. The Balaban J connectivity index is 1.63. The molecule has 0 amide bonds. The van der Waals surface area contributed by atoms with E-state index >= 15 is 0 Å². The Morgan fingerprint density at radius 3 is 2.45 bits per heavy atom. The van der Waals surface area contributed by atoms with Crippen LogP contribution in [0, 0.1) is 0 Å². The van der Waals surface area contributed by atoms with Crippen LogP contribution in [0.3, 0.4) is 0 Å². The van der Waals surface area contributed by atoms with Crippen molar-refractivity contribution in [1.82, 2.24) is 0 Å². The zero-order valence-corrected chi connectivity index (χ0v) is 10.8. The second kappa shape index (κ2) is 5.57. The molecule has 0 N–H and O–H groups in total. The van der Waals surface area contributed by atoms with Crippen LogP contribution in [0.5, 0.6) is 5.75 Å². The molecule has 0 fully saturated rings. The highest BCUT2D eigenvalue weighted by molar-refractivity contribution is 6.11. The highest BCUT2D eigenvalue weighted by atomic mass is 16.7. The van der Waals surface area contributed by atoms with Gasteiger partial charge in [0.15, 0.2) is 0 Å². The number of carbonyl (C=O) groups is 1. The van der Waals surface area contributed by atoms with Crippen LogP contribution in [0.1, 0.15) is 17.5 Å². The molecule has 0 unspecified atom stereocenters. The van der Waals surface area contributed by atoms with Gasteiger partial charge < -0.3 is 9.57 Å². The largest absolute Gasteiger partial charge is 0.489 e. The third-order valence-electron chi connectivity index (χ3n) is 3.01. The second-order valence-electron chi connectivity index (χ2n) is 4.48. The standard InChI is InChI=1S/C16H13NO3/c18-16-10-15(17-20-16)13-6-8-14(9-7-13)19-11-12-4-2-1-3-5-12/h1-9H,10-11H2. The first-order chi connectivity index (χ1) is 9.81. The highest BCUT2D eigenvalue weighted by Crippen LogP contribution is 2.17. The van der Waals surface area contributed by atoms with Gasteiger partial charge in [-0.3, -0.25) is 0 Å². The summed E-state index contributed by atoms with van der Waals surface area (Å²) in [5.74, 6) is 0.466. The van der Waals surface area contributed by atoms with E-state index in [0.29, 0.717) is 12.3 Å². The van der Waals surface area contributed by atoms with Crippen molar-refractivity contribution < 1.29 is 14.4 Å². The number of ether oxygens (including phenoxy) is 1. The van der Waals surface area contributed by atoms with E-state index in [-0.39, 0.29) is 12.4 Å². The average Bonchev–Trinajstić information content (AvgIpc) is 2.93. The number of oxime groups is 1. The summed E-state index contributed by atoms with van der Waals surface area (Å²) in [6.45, 7) is 0.530. The van der Waals surface area contributed by atoms with Gasteiger partial charge in [-0.05, 0) is 29.8 Å². The molecule has 1 heterocycles. The molecule has 4 nitrogen and oxygen atoms in total. The lowest BCUT2D eigenvalue weighted by Crippen LogP contribution is -2.01. The Labute approximate surface area is 116 Å². The smallest absolute Gasteiger partial charge is 0.341 e. The van der Waals surface area contributed by atoms with Gasteiger partial charge in [0.1, 0.15) is 12.4 Å². The predicted molar refractivity (Wildman–Crippen MR) is 74.5 cm³/mol. The number of benzene rings is 2. The fraction of sp³-hybridized carbons (Fsp3) is 0.125. The summed E-state index contributed by atoms with van der Waals surface area (Å²) < 4.78 is 5.69. The van der Waals surface area contributed by atoms with Gasteiger partial charge in [0.25, 0.3) is 0 Å². The minimum absolute atomic E-state index is 0.226. The van der Waals surface area contributed by atoms with Gasteiger partial charge in [-0.2, -0.15) is 0 Å². The molecule has 0 saturated heterocycles. The Hall–Kier alpha value is -2.62. The summed E-state index contributed by atoms with van der Waals surface area (Å²) in [6.07, 6.45) is 0.226. The van der Waals surface area contributed by atoms with Crippen molar-refractivity contribution >= 4 is 11.7 Å². The molecular formula is C16H13NO3. The van der Waals surface area contributed by atoms with Gasteiger partial charge in [-0.15, -0.1) is 0 Å². The van der Waals surface area contributed by atoms with E-state index in [4.69, 9.17) is 4.74 Å². The lowest BCUT2D eigenvalue weighted by molar-refractivity contribution is -0.140. The highest BCUT2D eigenvalue weighted by Gasteiger charge is 2.18. The molecule has 0 radical (unpaired) electrons. The normalized spacial score (nSPS) is 13.8. The maximum atomic E-state index is 11.0. The molecule has 100 valence electrons. The van der Waals surface area contributed by atoms with Crippen LogP contribution >= 0.6 is 0 Å². The minimum Gasteiger partial charge on any atom is -0.489 e. The van der Waals surface area contributed by atoms with E-state index in [0.717, 1.165) is 16.9 Å². The summed E-state index contributed by atoms with van der Waals surface area (Å²) in [6, 6.07) is 17.5.